The molecule has 1 atom stereocenters. The summed E-state index contributed by atoms with van der Waals surface area (Å²) in [7, 11) is -1.12. The molecule has 2 fully saturated rings. The number of aromatic nitrogens is 2. The second-order valence-electron chi connectivity index (χ2n) is 8.42. The van der Waals surface area contributed by atoms with Gasteiger partial charge < -0.3 is 10.2 Å². The Hall–Kier alpha value is -2.42. The Kier molecular flexibility index (Phi) is 5.00. The number of benzene rings is 1. The zero-order chi connectivity index (χ0) is 20.7. The van der Waals surface area contributed by atoms with Crippen molar-refractivity contribution in [2.24, 2.45) is 5.18 Å². The van der Waals surface area contributed by atoms with Crippen LogP contribution in [-0.2, 0) is 17.2 Å². The van der Waals surface area contributed by atoms with Crippen LogP contribution in [0.2, 0.25) is 0 Å². The number of anilines is 2. The van der Waals surface area contributed by atoms with Crippen molar-refractivity contribution in [3.8, 4) is 0 Å². The molecule has 1 saturated heterocycles. The Labute approximate surface area is 176 Å². The fourth-order valence-electron chi connectivity index (χ4n) is 4.46. The molecule has 3 heterocycles. The summed E-state index contributed by atoms with van der Waals surface area (Å²) in [5.74, 6) is 1.81. The van der Waals surface area contributed by atoms with Crippen LogP contribution in [0.15, 0.2) is 34.3 Å². The van der Waals surface area contributed by atoms with Crippen LogP contribution in [0, 0.1) is 10.7 Å². The summed E-state index contributed by atoms with van der Waals surface area (Å²) in [5.41, 5.74) is 1.25. The SMILES string of the molecule is O=NCC1(Nc2nc(N3CCC(c4ccccc4F)CC3)nc3c2S(=O)CC3)CC1. The van der Waals surface area contributed by atoms with Crippen molar-refractivity contribution in [2.75, 3.05) is 35.6 Å². The third kappa shape index (κ3) is 3.59. The average Bonchev–Trinajstić information content (AvgIpc) is 3.40. The standard InChI is InChI=1S/C21H24FN5O2S/c22-16-4-2-1-3-15(16)14-5-10-27(11-6-14)20-24-17-7-12-30(29)18(17)19(25-20)26-21(8-9-21)13-23-28/h1-4,14H,5-13H2,(H,24,25,26). The Bertz CT molecular complexity index is 1000. The Morgan fingerprint density at radius 3 is 2.70 bits per heavy atom. The van der Waals surface area contributed by atoms with Crippen molar-refractivity contribution in [1.82, 2.24) is 9.97 Å². The molecule has 2 aliphatic heterocycles. The molecule has 5 rings (SSSR count). The maximum atomic E-state index is 14.2. The van der Waals surface area contributed by atoms with Gasteiger partial charge in [-0.1, -0.05) is 23.4 Å². The molecule has 0 radical (unpaired) electrons. The number of nitrogens with one attached hydrogen (secondary N) is 1. The first kappa shape index (κ1) is 19.5. The monoisotopic (exact) mass is 429 g/mol. The summed E-state index contributed by atoms with van der Waals surface area (Å²) in [4.78, 5) is 23.1. The van der Waals surface area contributed by atoms with E-state index in [1.807, 2.05) is 12.1 Å². The molecule has 1 N–H and O–H groups in total. The van der Waals surface area contributed by atoms with Gasteiger partial charge in [-0.3, -0.25) is 4.21 Å². The summed E-state index contributed by atoms with van der Waals surface area (Å²) < 4.78 is 26.7. The van der Waals surface area contributed by atoms with Crippen LogP contribution in [0.5, 0.6) is 0 Å². The van der Waals surface area contributed by atoms with E-state index < -0.39 is 10.8 Å². The van der Waals surface area contributed by atoms with Gasteiger partial charge in [0.1, 0.15) is 23.1 Å². The predicted molar refractivity (Wildman–Crippen MR) is 114 cm³/mol. The lowest BCUT2D eigenvalue weighted by atomic mass is 9.89. The van der Waals surface area contributed by atoms with Gasteiger partial charge in [-0.2, -0.15) is 9.89 Å². The molecule has 0 spiro atoms. The van der Waals surface area contributed by atoms with Gasteiger partial charge in [0.25, 0.3) is 0 Å². The summed E-state index contributed by atoms with van der Waals surface area (Å²) in [6.45, 7) is 1.66. The van der Waals surface area contributed by atoms with Crippen molar-refractivity contribution in [1.29, 1.82) is 0 Å². The number of rotatable bonds is 6. The molecule has 0 amide bonds. The zero-order valence-electron chi connectivity index (χ0n) is 16.6. The number of aryl methyl sites for hydroxylation is 1. The highest BCUT2D eigenvalue weighted by Gasteiger charge is 2.45. The molecule has 2 aromatic rings. The predicted octanol–water partition coefficient (Wildman–Crippen LogP) is 3.37. The molecule has 7 nitrogen and oxygen atoms in total. The van der Waals surface area contributed by atoms with Crippen LogP contribution < -0.4 is 10.2 Å². The minimum atomic E-state index is -1.12. The largest absolute Gasteiger partial charge is 0.361 e. The molecule has 30 heavy (non-hydrogen) atoms. The molecular formula is C21H24FN5O2S. The highest BCUT2D eigenvalue weighted by Crippen LogP contribution is 2.42. The fraction of sp³-hybridized carbons (Fsp3) is 0.524. The number of fused-ring (bicyclic) bond motifs is 1. The van der Waals surface area contributed by atoms with E-state index in [1.165, 1.54) is 6.07 Å². The maximum absolute atomic E-state index is 14.2. The van der Waals surface area contributed by atoms with Crippen LogP contribution in [0.25, 0.3) is 0 Å². The van der Waals surface area contributed by atoms with Gasteiger partial charge in [0, 0.05) is 25.3 Å². The topological polar surface area (TPSA) is 87.6 Å². The zero-order valence-corrected chi connectivity index (χ0v) is 17.5. The molecule has 1 aromatic carbocycles. The van der Waals surface area contributed by atoms with Gasteiger partial charge in [0.2, 0.25) is 5.95 Å². The quantitative estimate of drug-likeness (QED) is 0.709. The van der Waals surface area contributed by atoms with Gasteiger partial charge in [0.05, 0.1) is 22.0 Å². The average molecular weight is 430 g/mol. The smallest absolute Gasteiger partial charge is 0.227 e. The Balaban J connectivity index is 1.38. The highest BCUT2D eigenvalue weighted by molar-refractivity contribution is 7.85. The minimum Gasteiger partial charge on any atom is -0.361 e. The normalized spacial score (nSPS) is 22.6. The van der Waals surface area contributed by atoms with Gasteiger partial charge >= 0.3 is 0 Å². The number of halogens is 1. The van der Waals surface area contributed by atoms with Crippen LogP contribution >= 0.6 is 0 Å². The van der Waals surface area contributed by atoms with Crippen LogP contribution in [0.3, 0.4) is 0 Å². The highest BCUT2D eigenvalue weighted by atomic mass is 32.2. The molecule has 1 aromatic heterocycles. The lowest BCUT2D eigenvalue weighted by Crippen LogP contribution is -2.35. The van der Waals surface area contributed by atoms with Gasteiger partial charge in [-0.25, -0.2) is 9.37 Å². The molecule has 0 bridgehead atoms. The molecular weight excluding hydrogens is 405 g/mol. The summed E-state index contributed by atoms with van der Waals surface area (Å²) in [6, 6.07) is 6.99. The first-order chi connectivity index (χ1) is 14.6. The Morgan fingerprint density at radius 1 is 1.23 bits per heavy atom. The summed E-state index contributed by atoms with van der Waals surface area (Å²) in [6.07, 6.45) is 4.03. The third-order valence-electron chi connectivity index (χ3n) is 6.40. The maximum Gasteiger partial charge on any atom is 0.227 e. The van der Waals surface area contributed by atoms with E-state index in [0.717, 1.165) is 50.0 Å². The third-order valence-corrected chi connectivity index (χ3v) is 7.86. The molecule has 1 saturated carbocycles. The second kappa shape index (κ2) is 7.68. The fourth-order valence-corrected chi connectivity index (χ4v) is 5.76. The number of hydrogen-bond acceptors (Lipinski definition) is 7. The first-order valence-corrected chi connectivity index (χ1v) is 11.8. The lowest BCUT2D eigenvalue weighted by molar-refractivity contribution is 0.477. The van der Waals surface area contributed by atoms with E-state index in [4.69, 9.17) is 9.97 Å². The van der Waals surface area contributed by atoms with E-state index in [0.29, 0.717) is 28.8 Å². The van der Waals surface area contributed by atoms with Crippen molar-refractivity contribution >= 4 is 22.6 Å². The van der Waals surface area contributed by atoms with Crippen LogP contribution in [0.1, 0.15) is 42.9 Å². The van der Waals surface area contributed by atoms with Crippen molar-refractivity contribution in [3.05, 3.63) is 46.2 Å². The Morgan fingerprint density at radius 2 is 2.00 bits per heavy atom. The lowest BCUT2D eigenvalue weighted by Gasteiger charge is -2.33. The van der Waals surface area contributed by atoms with Crippen LogP contribution in [-0.4, -0.2) is 45.1 Å². The number of nitroso groups, excluding NO2 is 1. The number of hydrogen-bond donors (Lipinski definition) is 1. The number of piperidine rings is 1. The van der Waals surface area contributed by atoms with Crippen molar-refractivity contribution in [3.63, 3.8) is 0 Å². The van der Waals surface area contributed by atoms with E-state index in [-0.39, 0.29) is 23.8 Å². The van der Waals surface area contributed by atoms with Crippen LogP contribution in [0.4, 0.5) is 16.2 Å². The van der Waals surface area contributed by atoms with Gasteiger partial charge in [0.15, 0.2) is 0 Å². The summed E-state index contributed by atoms with van der Waals surface area (Å²) in [5, 5.41) is 6.43. The molecule has 1 unspecified atom stereocenters. The molecule has 158 valence electrons. The number of nitrogens with zero attached hydrogens (tertiary/aromatic N) is 4. The van der Waals surface area contributed by atoms with Gasteiger partial charge in [-0.05, 0) is 43.2 Å². The van der Waals surface area contributed by atoms with E-state index in [1.54, 1.807) is 6.07 Å². The molecule has 9 heteroatoms. The second-order valence-corrected chi connectivity index (χ2v) is 9.93. The van der Waals surface area contributed by atoms with E-state index >= 15 is 0 Å². The van der Waals surface area contributed by atoms with Crippen molar-refractivity contribution in [2.45, 2.75) is 48.5 Å². The van der Waals surface area contributed by atoms with Gasteiger partial charge in [-0.15, -0.1) is 0 Å². The van der Waals surface area contributed by atoms with Crippen molar-refractivity contribution < 1.29 is 8.60 Å². The van der Waals surface area contributed by atoms with E-state index in [9.17, 15) is 13.5 Å². The first-order valence-electron chi connectivity index (χ1n) is 10.4. The summed E-state index contributed by atoms with van der Waals surface area (Å²) >= 11 is 0. The molecule has 3 aliphatic rings. The minimum absolute atomic E-state index is 0.141. The van der Waals surface area contributed by atoms with E-state index in [2.05, 4.69) is 15.4 Å². The molecule has 1 aliphatic carbocycles.